The van der Waals surface area contributed by atoms with Gasteiger partial charge in [-0.2, -0.15) is 0 Å². The average molecular weight is 520 g/mol. The maximum atomic E-state index is 12.9. The molecule has 1 aliphatic rings. The number of benzene rings is 2. The summed E-state index contributed by atoms with van der Waals surface area (Å²) in [5, 5.41) is 9.85. The first-order valence-corrected chi connectivity index (χ1v) is 14.3. The predicted molar refractivity (Wildman–Crippen MR) is 148 cm³/mol. The van der Waals surface area contributed by atoms with Gasteiger partial charge in [-0.1, -0.05) is 73.6 Å². The molecule has 196 valence electrons. The van der Waals surface area contributed by atoms with E-state index in [0.717, 1.165) is 41.7 Å². The van der Waals surface area contributed by atoms with Gasteiger partial charge in [0.2, 0.25) is 11.8 Å². The van der Waals surface area contributed by atoms with Crippen molar-refractivity contribution in [2.75, 3.05) is 25.4 Å². The Morgan fingerprint density at radius 1 is 0.919 bits per heavy atom. The number of thioether (sulfide) groups is 1. The maximum Gasteiger partial charge on any atom is 0.222 e. The van der Waals surface area contributed by atoms with Crippen LogP contribution >= 0.6 is 11.8 Å². The molecular formula is C29H37N5O2S. The van der Waals surface area contributed by atoms with Crippen LogP contribution in [0.5, 0.6) is 0 Å². The van der Waals surface area contributed by atoms with Gasteiger partial charge in [0.1, 0.15) is 5.82 Å². The summed E-state index contributed by atoms with van der Waals surface area (Å²) in [4.78, 5) is 29.2. The van der Waals surface area contributed by atoms with Crippen molar-refractivity contribution >= 4 is 23.6 Å². The first-order chi connectivity index (χ1) is 18.1. The van der Waals surface area contributed by atoms with Crippen molar-refractivity contribution in [3.05, 3.63) is 72.1 Å². The van der Waals surface area contributed by atoms with Gasteiger partial charge in [0.15, 0.2) is 5.16 Å². The molecule has 37 heavy (non-hydrogen) atoms. The van der Waals surface area contributed by atoms with Crippen molar-refractivity contribution in [2.24, 2.45) is 0 Å². The van der Waals surface area contributed by atoms with Gasteiger partial charge in [-0.05, 0) is 37.5 Å². The summed E-state index contributed by atoms with van der Waals surface area (Å²) in [5.74, 6) is 2.07. The van der Waals surface area contributed by atoms with Gasteiger partial charge < -0.3 is 9.80 Å². The summed E-state index contributed by atoms with van der Waals surface area (Å²) in [7, 11) is 0. The third-order valence-corrected chi connectivity index (χ3v) is 7.75. The van der Waals surface area contributed by atoms with Gasteiger partial charge >= 0.3 is 0 Å². The molecule has 0 bridgehead atoms. The fourth-order valence-corrected chi connectivity index (χ4v) is 5.60. The number of hydrogen-bond acceptors (Lipinski definition) is 5. The smallest absolute Gasteiger partial charge is 0.222 e. The largest absolute Gasteiger partial charge is 0.339 e. The maximum absolute atomic E-state index is 12.9. The molecule has 0 N–H and O–H groups in total. The summed E-state index contributed by atoms with van der Waals surface area (Å²) in [6.45, 7) is 6.02. The van der Waals surface area contributed by atoms with E-state index in [4.69, 9.17) is 0 Å². The van der Waals surface area contributed by atoms with Crippen LogP contribution in [0.1, 0.15) is 57.3 Å². The Bertz CT molecular complexity index is 1150. The molecule has 4 rings (SSSR count). The summed E-state index contributed by atoms with van der Waals surface area (Å²) in [5.41, 5.74) is 2.23. The van der Waals surface area contributed by atoms with Crippen LogP contribution in [0, 0.1) is 0 Å². The van der Waals surface area contributed by atoms with Crippen molar-refractivity contribution in [1.82, 2.24) is 24.6 Å². The molecule has 1 aliphatic heterocycles. The van der Waals surface area contributed by atoms with E-state index in [1.165, 1.54) is 5.56 Å². The van der Waals surface area contributed by atoms with Crippen molar-refractivity contribution in [3.8, 4) is 5.69 Å². The fourth-order valence-electron chi connectivity index (χ4n) is 4.69. The second kappa shape index (κ2) is 13.4. The van der Waals surface area contributed by atoms with Gasteiger partial charge in [0.05, 0.1) is 0 Å². The second-order valence-electron chi connectivity index (χ2n) is 9.56. The summed E-state index contributed by atoms with van der Waals surface area (Å²) >= 11 is 1.64. The molecule has 8 heteroatoms. The van der Waals surface area contributed by atoms with Crippen LogP contribution in [-0.4, -0.2) is 67.8 Å². The van der Waals surface area contributed by atoms with Gasteiger partial charge in [-0.3, -0.25) is 14.2 Å². The molecule has 3 aromatic rings. The summed E-state index contributed by atoms with van der Waals surface area (Å²) in [6.07, 6.45) is 4.52. The highest BCUT2D eigenvalue weighted by molar-refractivity contribution is 7.99. The number of hydrogen-bond donors (Lipinski definition) is 0. The van der Waals surface area contributed by atoms with Crippen LogP contribution in [0.15, 0.2) is 65.8 Å². The molecule has 0 spiro atoms. The number of para-hydroxylation sites is 1. The van der Waals surface area contributed by atoms with E-state index in [2.05, 4.69) is 46.0 Å². The number of rotatable bonds is 11. The highest BCUT2D eigenvalue weighted by Crippen LogP contribution is 2.24. The molecular weight excluding hydrogens is 482 g/mol. The molecule has 2 heterocycles. The molecule has 1 saturated heterocycles. The van der Waals surface area contributed by atoms with E-state index in [1.54, 1.807) is 11.8 Å². The van der Waals surface area contributed by atoms with E-state index in [-0.39, 0.29) is 17.9 Å². The topological polar surface area (TPSA) is 71.3 Å². The van der Waals surface area contributed by atoms with Crippen molar-refractivity contribution in [2.45, 2.75) is 63.6 Å². The lowest BCUT2D eigenvalue weighted by Crippen LogP contribution is -2.55. The summed E-state index contributed by atoms with van der Waals surface area (Å²) < 4.78 is 2.12. The zero-order chi connectivity index (χ0) is 26.0. The molecule has 1 atom stereocenters. The van der Waals surface area contributed by atoms with Crippen LogP contribution in [0.3, 0.4) is 0 Å². The molecule has 1 fully saturated rings. The zero-order valence-corrected chi connectivity index (χ0v) is 22.7. The molecule has 1 unspecified atom stereocenters. The standard InChI is InChI=1S/C29H37N5O2S/c1-3-4-16-28(36)33-19-18-32(22-23(33)2)27(35)17-11-20-37-29-31-30-26(21-24-12-7-5-8-13-24)34(29)25-14-9-6-10-15-25/h5-10,12-15,23H,3-4,11,16-22H2,1-2H3. The van der Waals surface area contributed by atoms with Crippen LogP contribution < -0.4 is 0 Å². The first-order valence-electron chi connectivity index (χ1n) is 13.3. The molecule has 2 amide bonds. The molecule has 0 saturated carbocycles. The second-order valence-corrected chi connectivity index (χ2v) is 10.6. The van der Waals surface area contributed by atoms with E-state index in [1.807, 2.05) is 53.1 Å². The minimum absolute atomic E-state index is 0.0730. The Kier molecular flexibility index (Phi) is 9.77. The monoisotopic (exact) mass is 519 g/mol. The number of nitrogens with zero attached hydrogens (tertiary/aromatic N) is 5. The Hall–Kier alpha value is -3.13. The number of piperazine rings is 1. The number of aromatic nitrogens is 3. The van der Waals surface area contributed by atoms with Crippen LogP contribution in [0.4, 0.5) is 0 Å². The minimum atomic E-state index is 0.0730. The number of carbonyl (C=O) groups is 2. The number of unbranched alkanes of at least 4 members (excludes halogenated alkanes) is 1. The quantitative estimate of drug-likeness (QED) is 0.264. The third-order valence-electron chi connectivity index (χ3n) is 6.73. The molecule has 2 aromatic carbocycles. The lowest BCUT2D eigenvalue weighted by molar-refractivity contribution is -0.142. The Morgan fingerprint density at radius 3 is 2.32 bits per heavy atom. The third kappa shape index (κ3) is 7.22. The van der Waals surface area contributed by atoms with E-state index in [0.29, 0.717) is 38.9 Å². The van der Waals surface area contributed by atoms with Gasteiger partial charge in [-0.25, -0.2) is 0 Å². The number of carbonyl (C=O) groups excluding carboxylic acids is 2. The van der Waals surface area contributed by atoms with Crippen molar-refractivity contribution in [1.29, 1.82) is 0 Å². The predicted octanol–water partition coefficient (Wildman–Crippen LogP) is 4.98. The highest BCUT2D eigenvalue weighted by Gasteiger charge is 2.29. The normalized spacial score (nSPS) is 15.7. The summed E-state index contributed by atoms with van der Waals surface area (Å²) in [6, 6.07) is 20.6. The van der Waals surface area contributed by atoms with Gasteiger partial charge in [-0.15, -0.1) is 10.2 Å². The van der Waals surface area contributed by atoms with Crippen LogP contribution in [0.2, 0.25) is 0 Å². The lowest BCUT2D eigenvalue weighted by atomic mass is 10.1. The molecule has 1 aromatic heterocycles. The number of amides is 2. The van der Waals surface area contributed by atoms with Crippen molar-refractivity contribution < 1.29 is 9.59 Å². The molecule has 0 radical (unpaired) electrons. The van der Waals surface area contributed by atoms with Gasteiger partial charge in [0.25, 0.3) is 0 Å². The van der Waals surface area contributed by atoms with E-state index < -0.39 is 0 Å². The molecule has 0 aliphatic carbocycles. The fraction of sp³-hybridized carbons (Fsp3) is 0.448. The zero-order valence-electron chi connectivity index (χ0n) is 21.9. The van der Waals surface area contributed by atoms with Gasteiger partial charge in [0, 0.05) is 56.4 Å². The van der Waals surface area contributed by atoms with Crippen molar-refractivity contribution in [3.63, 3.8) is 0 Å². The Labute approximate surface area is 224 Å². The SMILES string of the molecule is CCCCC(=O)N1CCN(C(=O)CCCSc2nnc(Cc3ccccc3)n2-c2ccccc2)CC1C. The van der Waals surface area contributed by atoms with E-state index in [9.17, 15) is 9.59 Å². The van der Waals surface area contributed by atoms with E-state index >= 15 is 0 Å². The Balaban J connectivity index is 1.31. The minimum Gasteiger partial charge on any atom is -0.339 e. The average Bonchev–Trinajstić information content (AvgIpc) is 3.32. The lowest BCUT2D eigenvalue weighted by Gasteiger charge is -2.40. The highest BCUT2D eigenvalue weighted by atomic mass is 32.2. The molecule has 7 nitrogen and oxygen atoms in total. The van der Waals surface area contributed by atoms with Crippen LogP contribution in [0.25, 0.3) is 5.69 Å². The first kappa shape index (κ1) is 26.9. The van der Waals surface area contributed by atoms with Crippen LogP contribution in [-0.2, 0) is 16.0 Å². The Morgan fingerprint density at radius 2 is 1.62 bits per heavy atom.